The van der Waals surface area contributed by atoms with E-state index in [0.717, 1.165) is 18.3 Å². The summed E-state index contributed by atoms with van der Waals surface area (Å²) in [5.74, 6) is 0.725. The van der Waals surface area contributed by atoms with Crippen LogP contribution in [0.15, 0.2) is 23.2 Å². The molecule has 0 aliphatic heterocycles. The van der Waals surface area contributed by atoms with Gasteiger partial charge >= 0.3 is 12.4 Å². The lowest BCUT2D eigenvalue weighted by Crippen LogP contribution is -2.07. The number of fused-ring (bicyclic) bond motifs is 1. The van der Waals surface area contributed by atoms with Gasteiger partial charge in [-0.3, -0.25) is 0 Å². The average Bonchev–Trinajstić information content (AvgIpc) is 3.08. The molecule has 0 saturated heterocycles. The number of hydrogen-bond acceptors (Lipinski definition) is 4. The van der Waals surface area contributed by atoms with E-state index in [4.69, 9.17) is 0 Å². The smallest absolute Gasteiger partial charge is 0.325 e. The highest BCUT2D eigenvalue weighted by Gasteiger charge is 2.35. The largest absolute Gasteiger partial charge is 0.433 e. The van der Waals surface area contributed by atoms with Crippen LogP contribution in [0.2, 0.25) is 0 Å². The Morgan fingerprint density at radius 3 is 2.38 bits per heavy atom. The minimum atomic E-state index is -4.62. The summed E-state index contributed by atoms with van der Waals surface area (Å²) >= 11 is 1.75. The Hall–Kier alpha value is -1.75. The van der Waals surface area contributed by atoms with Crippen LogP contribution in [0.1, 0.15) is 17.5 Å². The first-order valence-electron chi connectivity index (χ1n) is 7.26. The molecule has 0 aliphatic rings. The number of aromatic nitrogens is 3. The van der Waals surface area contributed by atoms with Crippen molar-refractivity contribution in [3.8, 4) is 10.7 Å². The van der Waals surface area contributed by atoms with Crippen molar-refractivity contribution >= 4 is 34.1 Å². The Morgan fingerprint density at radius 2 is 1.81 bits per heavy atom. The summed E-state index contributed by atoms with van der Waals surface area (Å²) in [6.07, 6.45) is -8.09. The molecule has 0 atom stereocenters. The number of pyridine rings is 1. The molecule has 11 heteroatoms. The monoisotopic (exact) mass is 411 g/mol. The molecule has 140 valence electrons. The summed E-state index contributed by atoms with van der Waals surface area (Å²) in [5.41, 5.74) is -0.762. The highest BCUT2D eigenvalue weighted by atomic mass is 32.2. The number of aryl methyl sites for hydroxylation is 1. The van der Waals surface area contributed by atoms with Crippen molar-refractivity contribution in [3.63, 3.8) is 0 Å². The quantitative estimate of drug-likeness (QED) is 0.400. The number of thioether (sulfide) groups is 1. The van der Waals surface area contributed by atoms with Crippen LogP contribution in [0.4, 0.5) is 26.3 Å². The van der Waals surface area contributed by atoms with Crippen LogP contribution < -0.4 is 0 Å². The highest BCUT2D eigenvalue weighted by molar-refractivity contribution is 7.99. The van der Waals surface area contributed by atoms with Crippen molar-refractivity contribution in [2.75, 3.05) is 5.75 Å². The molecule has 0 radical (unpaired) electrons. The van der Waals surface area contributed by atoms with Gasteiger partial charge in [0.15, 0.2) is 5.82 Å². The molecule has 3 rings (SSSR count). The van der Waals surface area contributed by atoms with Crippen LogP contribution in [-0.4, -0.2) is 20.3 Å². The van der Waals surface area contributed by atoms with Gasteiger partial charge in [-0.05, 0) is 17.9 Å². The molecule has 0 fully saturated rings. The molecule has 0 aromatic carbocycles. The van der Waals surface area contributed by atoms with E-state index < -0.39 is 22.9 Å². The Balaban J connectivity index is 2.19. The fourth-order valence-electron chi connectivity index (χ4n) is 2.38. The molecule has 26 heavy (non-hydrogen) atoms. The first kappa shape index (κ1) is 19.0. The second-order valence-electron chi connectivity index (χ2n) is 5.29. The minimum absolute atomic E-state index is 0.0271. The van der Waals surface area contributed by atoms with Crippen LogP contribution in [-0.2, 0) is 19.4 Å². The third-order valence-corrected chi connectivity index (χ3v) is 5.76. The number of rotatable bonds is 3. The fraction of sp³-hybridized carbons (Fsp3) is 0.333. The van der Waals surface area contributed by atoms with Crippen LogP contribution in [0.25, 0.3) is 21.7 Å². The Kier molecular flexibility index (Phi) is 4.72. The summed E-state index contributed by atoms with van der Waals surface area (Å²) in [4.78, 5) is 7.43. The molecule has 0 amide bonds. The van der Waals surface area contributed by atoms with Crippen LogP contribution in [0.5, 0.6) is 0 Å². The van der Waals surface area contributed by atoms with Crippen molar-refractivity contribution in [2.24, 2.45) is 7.05 Å². The molecule has 0 aliphatic carbocycles. The van der Waals surface area contributed by atoms with E-state index >= 15 is 0 Å². The highest BCUT2D eigenvalue weighted by Crippen LogP contribution is 2.45. The third kappa shape index (κ3) is 3.41. The van der Waals surface area contributed by atoms with Gasteiger partial charge in [-0.1, -0.05) is 6.92 Å². The Morgan fingerprint density at radius 1 is 1.12 bits per heavy atom. The average molecular weight is 411 g/mol. The van der Waals surface area contributed by atoms with Gasteiger partial charge in [-0.15, -0.1) is 23.1 Å². The summed E-state index contributed by atoms with van der Waals surface area (Å²) < 4.78 is 79.1. The third-order valence-electron chi connectivity index (χ3n) is 3.54. The standard InChI is InChI=1S/C15H11F6N3S2/c1-3-25-9-5-11(15(19,20)21)26-12(9)13-23-7-4-10(14(16,17)18)22-6-8(7)24(13)2/h4-6H,3H2,1-2H3. The van der Waals surface area contributed by atoms with E-state index in [-0.39, 0.29) is 16.2 Å². The number of alkyl halides is 6. The summed E-state index contributed by atoms with van der Waals surface area (Å²) in [5, 5.41) is 0. The van der Waals surface area contributed by atoms with Crippen LogP contribution in [0, 0.1) is 0 Å². The van der Waals surface area contributed by atoms with Gasteiger partial charge in [0.1, 0.15) is 10.6 Å². The molecule has 0 spiro atoms. The van der Waals surface area contributed by atoms with Gasteiger partial charge in [-0.2, -0.15) is 26.3 Å². The Labute approximate surface area is 152 Å². The van der Waals surface area contributed by atoms with E-state index in [9.17, 15) is 26.3 Å². The van der Waals surface area contributed by atoms with Crippen molar-refractivity contribution in [3.05, 3.63) is 28.9 Å². The lowest BCUT2D eigenvalue weighted by molar-refractivity contribution is -0.141. The van der Waals surface area contributed by atoms with Crippen molar-refractivity contribution in [1.82, 2.24) is 14.5 Å². The maximum absolute atomic E-state index is 13.1. The number of nitrogens with zero attached hydrogens (tertiary/aromatic N) is 3. The molecule has 3 nitrogen and oxygen atoms in total. The van der Waals surface area contributed by atoms with Crippen LogP contribution >= 0.6 is 23.1 Å². The molecule has 0 unspecified atom stereocenters. The molecule has 0 N–H and O–H groups in total. The van der Waals surface area contributed by atoms with Crippen LogP contribution in [0.3, 0.4) is 0 Å². The lowest BCUT2D eigenvalue weighted by atomic mass is 10.3. The molecule has 3 aromatic heterocycles. The predicted octanol–water partition coefficient (Wildman–Crippen LogP) is 5.85. The maximum Gasteiger partial charge on any atom is 0.433 e. The molecule has 3 heterocycles. The molecule has 3 aromatic rings. The maximum atomic E-state index is 13.1. The summed E-state index contributed by atoms with van der Waals surface area (Å²) in [6.45, 7) is 1.80. The lowest BCUT2D eigenvalue weighted by Gasteiger charge is -2.05. The normalized spacial score (nSPS) is 12.9. The zero-order valence-corrected chi connectivity index (χ0v) is 15.0. The summed E-state index contributed by atoms with van der Waals surface area (Å²) in [6, 6.07) is 1.84. The summed E-state index contributed by atoms with van der Waals surface area (Å²) in [7, 11) is 1.53. The number of halogens is 6. The zero-order chi connectivity index (χ0) is 19.3. The molecular weight excluding hydrogens is 400 g/mol. The van der Waals surface area contributed by atoms with E-state index in [1.165, 1.54) is 23.4 Å². The molecule has 0 bridgehead atoms. The van der Waals surface area contributed by atoms with Gasteiger partial charge in [0.25, 0.3) is 0 Å². The first-order valence-corrected chi connectivity index (χ1v) is 9.06. The van der Waals surface area contributed by atoms with Crippen molar-refractivity contribution in [1.29, 1.82) is 0 Å². The van der Waals surface area contributed by atoms with E-state index in [2.05, 4.69) is 9.97 Å². The number of thiophene rings is 1. The zero-order valence-electron chi connectivity index (χ0n) is 13.4. The SMILES string of the molecule is CCSc1cc(C(F)(F)F)sc1-c1nc2cc(C(F)(F)F)ncc2n1C. The predicted molar refractivity (Wildman–Crippen MR) is 88.2 cm³/mol. The van der Waals surface area contributed by atoms with Gasteiger partial charge in [0.05, 0.1) is 22.1 Å². The number of hydrogen-bond donors (Lipinski definition) is 0. The van der Waals surface area contributed by atoms with Gasteiger partial charge < -0.3 is 4.57 Å². The Bertz CT molecular complexity index is 955. The van der Waals surface area contributed by atoms with Crippen molar-refractivity contribution < 1.29 is 26.3 Å². The van der Waals surface area contributed by atoms with Gasteiger partial charge in [0, 0.05) is 11.9 Å². The van der Waals surface area contributed by atoms with Gasteiger partial charge in [-0.25, -0.2) is 9.97 Å². The molecular formula is C15H11F6N3S2. The fourth-order valence-corrected chi connectivity index (χ4v) is 4.44. The van der Waals surface area contributed by atoms with E-state index in [1.807, 2.05) is 0 Å². The first-order chi connectivity index (χ1) is 12.0. The van der Waals surface area contributed by atoms with E-state index in [0.29, 0.717) is 27.5 Å². The molecule has 0 saturated carbocycles. The second-order valence-corrected chi connectivity index (χ2v) is 7.64. The van der Waals surface area contributed by atoms with E-state index in [1.54, 1.807) is 6.92 Å². The second kappa shape index (κ2) is 6.45. The number of imidazole rings is 1. The minimum Gasteiger partial charge on any atom is -0.325 e. The topological polar surface area (TPSA) is 30.7 Å². The van der Waals surface area contributed by atoms with Gasteiger partial charge in [0.2, 0.25) is 0 Å². The van der Waals surface area contributed by atoms with Crippen molar-refractivity contribution in [2.45, 2.75) is 24.2 Å².